The Kier molecular flexibility index (Phi) is 3.88. The predicted octanol–water partition coefficient (Wildman–Crippen LogP) is 4.10. The molecule has 1 heterocycles. The van der Waals surface area contributed by atoms with Crippen molar-refractivity contribution in [1.82, 2.24) is 0 Å². The molecule has 0 saturated carbocycles. The summed E-state index contributed by atoms with van der Waals surface area (Å²) in [5, 5.41) is 0.764. The van der Waals surface area contributed by atoms with Crippen molar-refractivity contribution >= 4 is 11.6 Å². The van der Waals surface area contributed by atoms with Gasteiger partial charge in [-0.25, -0.2) is 0 Å². The van der Waals surface area contributed by atoms with Gasteiger partial charge in [-0.3, -0.25) is 0 Å². The van der Waals surface area contributed by atoms with E-state index >= 15 is 0 Å². The Morgan fingerprint density at radius 3 is 2.78 bits per heavy atom. The largest absolute Gasteiger partial charge is 0.493 e. The lowest BCUT2D eigenvalue weighted by Crippen LogP contribution is -2.15. The zero-order valence-corrected chi connectivity index (χ0v) is 12.2. The molecule has 0 spiro atoms. The molecule has 0 aromatic heterocycles. The fraction of sp³-hybridized carbons (Fsp3) is 0.600. The lowest BCUT2D eigenvalue weighted by molar-refractivity contribution is 0.335. The first kappa shape index (κ1) is 13.7. The van der Waals surface area contributed by atoms with Gasteiger partial charge >= 0.3 is 0 Å². The molecule has 3 heteroatoms. The summed E-state index contributed by atoms with van der Waals surface area (Å²) in [6, 6.07) is 3.96. The first-order chi connectivity index (χ1) is 8.37. The Bertz CT molecular complexity index is 437. The molecule has 0 saturated heterocycles. The van der Waals surface area contributed by atoms with Crippen LogP contribution in [0.1, 0.15) is 50.8 Å². The topological polar surface area (TPSA) is 35.2 Å². The minimum atomic E-state index is 0.00905. The van der Waals surface area contributed by atoms with Crippen molar-refractivity contribution in [3.05, 3.63) is 28.3 Å². The molecule has 1 aliphatic rings. The molecule has 0 radical (unpaired) electrons. The monoisotopic (exact) mass is 267 g/mol. The quantitative estimate of drug-likeness (QED) is 0.895. The Hall–Kier alpha value is -0.730. The smallest absolute Gasteiger partial charge is 0.127 e. The summed E-state index contributed by atoms with van der Waals surface area (Å²) >= 11 is 6.15. The second-order valence-electron chi connectivity index (χ2n) is 6.29. The highest BCUT2D eigenvalue weighted by atomic mass is 35.5. The van der Waals surface area contributed by atoms with E-state index in [1.165, 1.54) is 5.56 Å². The first-order valence-corrected chi connectivity index (χ1v) is 6.95. The Morgan fingerprint density at radius 1 is 1.39 bits per heavy atom. The highest BCUT2D eigenvalue weighted by molar-refractivity contribution is 6.30. The van der Waals surface area contributed by atoms with Crippen LogP contribution in [0.5, 0.6) is 5.75 Å². The summed E-state index contributed by atoms with van der Waals surface area (Å²) < 4.78 is 5.70. The van der Waals surface area contributed by atoms with Gasteiger partial charge in [-0.15, -0.1) is 0 Å². The molecule has 18 heavy (non-hydrogen) atoms. The number of hydrogen-bond acceptors (Lipinski definition) is 2. The third-order valence-corrected chi connectivity index (χ3v) is 3.60. The molecule has 100 valence electrons. The maximum atomic E-state index is 6.31. The van der Waals surface area contributed by atoms with E-state index in [4.69, 9.17) is 22.1 Å². The summed E-state index contributed by atoms with van der Waals surface area (Å²) in [6.45, 7) is 7.45. The molecule has 1 unspecified atom stereocenters. The van der Waals surface area contributed by atoms with Gasteiger partial charge in [-0.1, -0.05) is 32.4 Å². The number of fused-ring (bicyclic) bond motifs is 1. The van der Waals surface area contributed by atoms with E-state index in [0.29, 0.717) is 5.41 Å². The van der Waals surface area contributed by atoms with Crippen molar-refractivity contribution in [1.29, 1.82) is 0 Å². The number of hydrogen-bond donors (Lipinski definition) is 1. The van der Waals surface area contributed by atoms with Crippen LogP contribution in [-0.4, -0.2) is 6.61 Å². The highest BCUT2D eigenvalue weighted by Gasteiger charge is 2.22. The molecule has 0 bridgehead atoms. The maximum absolute atomic E-state index is 6.31. The van der Waals surface area contributed by atoms with E-state index in [2.05, 4.69) is 20.8 Å². The number of benzene rings is 1. The molecule has 1 aromatic carbocycles. The van der Waals surface area contributed by atoms with Crippen molar-refractivity contribution < 1.29 is 4.74 Å². The summed E-state index contributed by atoms with van der Waals surface area (Å²) in [5.74, 6) is 0.973. The van der Waals surface area contributed by atoms with Crippen LogP contribution in [0.4, 0.5) is 0 Å². The van der Waals surface area contributed by atoms with Crippen LogP contribution in [0.3, 0.4) is 0 Å². The third-order valence-electron chi connectivity index (χ3n) is 3.38. The molecule has 0 fully saturated rings. The molecule has 2 nitrogen and oxygen atoms in total. The van der Waals surface area contributed by atoms with Gasteiger partial charge in [0.1, 0.15) is 5.75 Å². The molecule has 1 aromatic rings. The van der Waals surface area contributed by atoms with Gasteiger partial charge in [0.2, 0.25) is 0 Å². The van der Waals surface area contributed by atoms with Gasteiger partial charge < -0.3 is 10.5 Å². The van der Waals surface area contributed by atoms with Gasteiger partial charge in [0.05, 0.1) is 6.61 Å². The van der Waals surface area contributed by atoms with E-state index in [9.17, 15) is 0 Å². The van der Waals surface area contributed by atoms with Gasteiger partial charge in [-0.05, 0) is 36.0 Å². The number of halogens is 1. The lowest BCUT2D eigenvalue weighted by Gasteiger charge is -2.22. The first-order valence-electron chi connectivity index (χ1n) is 6.57. The van der Waals surface area contributed by atoms with Gasteiger partial charge in [0, 0.05) is 23.0 Å². The predicted molar refractivity (Wildman–Crippen MR) is 76.3 cm³/mol. The minimum absolute atomic E-state index is 0.00905. The fourth-order valence-corrected chi connectivity index (χ4v) is 2.57. The fourth-order valence-electron chi connectivity index (χ4n) is 2.32. The van der Waals surface area contributed by atoms with Crippen LogP contribution in [-0.2, 0) is 6.42 Å². The maximum Gasteiger partial charge on any atom is 0.127 e. The number of ether oxygens (including phenoxy) is 1. The molecule has 1 aliphatic heterocycles. The summed E-state index contributed by atoms with van der Waals surface area (Å²) in [5.41, 5.74) is 8.88. The second kappa shape index (κ2) is 5.10. The van der Waals surface area contributed by atoms with Gasteiger partial charge in [0.25, 0.3) is 0 Å². The molecule has 0 amide bonds. The second-order valence-corrected chi connectivity index (χ2v) is 6.72. The standard InChI is InChI=1S/C15H22ClNO/c1-15(2,3)6-4-13(17)12-9-11(16)8-10-5-7-18-14(10)12/h8-9,13H,4-7,17H2,1-3H3. The molecular weight excluding hydrogens is 246 g/mol. The molecule has 2 rings (SSSR count). The van der Waals surface area contributed by atoms with Crippen molar-refractivity contribution in [3.63, 3.8) is 0 Å². The number of rotatable bonds is 3. The summed E-state index contributed by atoms with van der Waals surface area (Å²) in [4.78, 5) is 0. The average molecular weight is 268 g/mol. The van der Waals surface area contributed by atoms with Crippen LogP contribution in [0.25, 0.3) is 0 Å². The summed E-state index contributed by atoms with van der Waals surface area (Å²) in [6.07, 6.45) is 2.99. The van der Waals surface area contributed by atoms with Crippen LogP contribution < -0.4 is 10.5 Å². The zero-order valence-electron chi connectivity index (χ0n) is 11.4. The Balaban J connectivity index is 2.18. The van der Waals surface area contributed by atoms with Crippen LogP contribution in [0, 0.1) is 5.41 Å². The van der Waals surface area contributed by atoms with E-state index in [1.54, 1.807) is 0 Å². The SMILES string of the molecule is CC(C)(C)CCC(N)c1cc(Cl)cc2c1OCC2. The average Bonchev–Trinajstić information content (AvgIpc) is 2.71. The van der Waals surface area contributed by atoms with Crippen molar-refractivity contribution in [2.75, 3.05) is 6.61 Å². The van der Waals surface area contributed by atoms with Crippen molar-refractivity contribution in [3.8, 4) is 5.75 Å². The normalized spacial score (nSPS) is 16.3. The Labute approximate surface area is 114 Å². The molecule has 0 aliphatic carbocycles. The van der Waals surface area contributed by atoms with E-state index < -0.39 is 0 Å². The van der Waals surface area contributed by atoms with E-state index in [-0.39, 0.29) is 6.04 Å². The van der Waals surface area contributed by atoms with E-state index in [1.807, 2.05) is 12.1 Å². The molecule has 2 N–H and O–H groups in total. The minimum Gasteiger partial charge on any atom is -0.493 e. The van der Waals surface area contributed by atoms with Crippen LogP contribution in [0.2, 0.25) is 5.02 Å². The van der Waals surface area contributed by atoms with Gasteiger partial charge in [-0.2, -0.15) is 0 Å². The third kappa shape index (κ3) is 3.18. The van der Waals surface area contributed by atoms with Gasteiger partial charge in [0.15, 0.2) is 0 Å². The van der Waals surface area contributed by atoms with Crippen molar-refractivity contribution in [2.45, 2.75) is 46.1 Å². The Morgan fingerprint density at radius 2 is 2.11 bits per heavy atom. The lowest BCUT2D eigenvalue weighted by atomic mass is 9.87. The van der Waals surface area contributed by atoms with Crippen LogP contribution >= 0.6 is 11.6 Å². The molecular formula is C15H22ClNO. The van der Waals surface area contributed by atoms with E-state index in [0.717, 1.165) is 42.2 Å². The highest BCUT2D eigenvalue weighted by Crippen LogP contribution is 2.38. The summed E-state index contributed by atoms with van der Waals surface area (Å²) in [7, 11) is 0. The molecule has 1 atom stereocenters. The number of nitrogens with two attached hydrogens (primary N) is 1. The van der Waals surface area contributed by atoms with Crippen molar-refractivity contribution in [2.24, 2.45) is 11.1 Å². The van der Waals surface area contributed by atoms with Crippen LogP contribution in [0.15, 0.2) is 12.1 Å². The zero-order chi connectivity index (χ0) is 13.3.